The number of ether oxygens (including phenoxy) is 1. The molecule has 2 heterocycles. The van der Waals surface area contributed by atoms with Gasteiger partial charge in [-0.2, -0.15) is 4.98 Å². The number of aromatic nitrogens is 2. The molecule has 114 valence electrons. The van der Waals surface area contributed by atoms with Crippen molar-refractivity contribution in [2.24, 2.45) is 0 Å². The van der Waals surface area contributed by atoms with E-state index >= 15 is 0 Å². The van der Waals surface area contributed by atoms with Crippen molar-refractivity contribution in [3.8, 4) is 0 Å². The second-order valence-corrected chi connectivity index (χ2v) is 5.03. The molecule has 0 aliphatic carbocycles. The Balaban J connectivity index is 2.47. The molecule has 9 heteroatoms. The molecular formula is C12H13FIN3O4. The van der Waals surface area contributed by atoms with Gasteiger partial charge in [0.15, 0.2) is 6.23 Å². The van der Waals surface area contributed by atoms with E-state index in [1.54, 1.807) is 10.2 Å². The highest BCUT2D eigenvalue weighted by atomic mass is 127. The van der Waals surface area contributed by atoms with Crippen LogP contribution in [0.3, 0.4) is 0 Å². The van der Waals surface area contributed by atoms with Crippen LogP contribution in [-0.4, -0.2) is 38.6 Å². The van der Waals surface area contributed by atoms with Gasteiger partial charge in [0, 0.05) is 17.3 Å². The van der Waals surface area contributed by atoms with Crippen molar-refractivity contribution in [2.75, 3.05) is 12.3 Å². The molecule has 0 bridgehead atoms. The maximum absolute atomic E-state index is 12.8. The van der Waals surface area contributed by atoms with E-state index in [0.717, 1.165) is 4.57 Å². The highest BCUT2D eigenvalue weighted by Gasteiger charge is 2.40. The number of aliphatic hydroxyl groups excluding tert-OH is 2. The summed E-state index contributed by atoms with van der Waals surface area (Å²) in [5.74, 6) is 0.0385. The first kappa shape index (κ1) is 16.1. The van der Waals surface area contributed by atoms with Gasteiger partial charge in [-0.3, -0.25) is 4.57 Å². The Morgan fingerprint density at radius 1 is 1.62 bits per heavy atom. The number of anilines is 1. The molecule has 1 saturated heterocycles. The lowest BCUT2D eigenvalue weighted by Gasteiger charge is -2.17. The minimum Gasteiger partial charge on any atom is -0.393 e. The zero-order chi connectivity index (χ0) is 15.6. The van der Waals surface area contributed by atoms with Crippen LogP contribution in [0.1, 0.15) is 11.8 Å². The molecule has 3 unspecified atom stereocenters. The van der Waals surface area contributed by atoms with Crippen molar-refractivity contribution in [3.05, 3.63) is 38.2 Å². The summed E-state index contributed by atoms with van der Waals surface area (Å²) in [6.45, 7) is -0.513. The molecule has 1 fully saturated rings. The lowest BCUT2D eigenvalue weighted by molar-refractivity contribution is -0.0527. The van der Waals surface area contributed by atoms with Crippen LogP contribution in [0.5, 0.6) is 0 Å². The third-order valence-corrected chi connectivity index (χ3v) is 3.47. The molecule has 3 atom stereocenters. The van der Waals surface area contributed by atoms with Gasteiger partial charge in [0.25, 0.3) is 0 Å². The number of nitrogen functional groups attached to an aromatic ring is 1. The number of halogens is 2. The van der Waals surface area contributed by atoms with Gasteiger partial charge in [-0.1, -0.05) is 22.6 Å². The fourth-order valence-corrected chi connectivity index (χ4v) is 2.44. The molecule has 0 spiro atoms. The topological polar surface area (TPSA) is 111 Å². The first-order valence-electron chi connectivity index (χ1n) is 5.93. The first-order chi connectivity index (χ1) is 10.0. The Morgan fingerprint density at radius 2 is 2.33 bits per heavy atom. The molecule has 0 radical (unpaired) electrons. The van der Waals surface area contributed by atoms with Crippen molar-refractivity contribution in [1.82, 2.24) is 9.55 Å². The standard InChI is InChI=1S/C12H13FIN3O4/c13-3-7-8(5-18)21-11(9(7)19)17-4-6(1-2-14)10(15)16-12(17)20/h1-4,8-9,11,18-19H,5H2,(H2,15,16,20)/b2-1+,7-3-. The highest BCUT2D eigenvalue weighted by Crippen LogP contribution is 2.33. The Bertz CT molecular complexity index is 646. The number of hydrogen-bond acceptors (Lipinski definition) is 6. The monoisotopic (exact) mass is 409 g/mol. The molecule has 1 aliphatic heterocycles. The van der Waals surface area contributed by atoms with Gasteiger partial charge in [-0.25, -0.2) is 9.18 Å². The largest absolute Gasteiger partial charge is 0.393 e. The average molecular weight is 409 g/mol. The number of rotatable bonds is 3. The maximum Gasteiger partial charge on any atom is 0.351 e. The van der Waals surface area contributed by atoms with E-state index in [0.29, 0.717) is 5.56 Å². The molecule has 7 nitrogen and oxygen atoms in total. The van der Waals surface area contributed by atoms with E-state index in [1.165, 1.54) is 6.20 Å². The molecule has 0 aromatic carbocycles. The zero-order valence-corrected chi connectivity index (χ0v) is 12.8. The molecule has 21 heavy (non-hydrogen) atoms. The molecule has 1 aliphatic rings. The molecular weight excluding hydrogens is 396 g/mol. The fraction of sp³-hybridized carbons (Fsp3) is 0.333. The van der Waals surface area contributed by atoms with Gasteiger partial charge in [0.05, 0.1) is 12.9 Å². The smallest absolute Gasteiger partial charge is 0.351 e. The second-order valence-electron chi connectivity index (χ2n) is 4.32. The third kappa shape index (κ3) is 3.00. The summed E-state index contributed by atoms with van der Waals surface area (Å²) in [4.78, 5) is 15.5. The fourth-order valence-electron chi connectivity index (χ4n) is 2.05. The average Bonchev–Trinajstić information content (AvgIpc) is 2.78. The van der Waals surface area contributed by atoms with Crippen LogP contribution in [0.2, 0.25) is 0 Å². The number of nitrogens with zero attached hydrogens (tertiary/aromatic N) is 2. The van der Waals surface area contributed by atoms with Gasteiger partial charge in [-0.05, 0) is 10.2 Å². The van der Waals surface area contributed by atoms with Gasteiger partial charge >= 0.3 is 5.69 Å². The van der Waals surface area contributed by atoms with Gasteiger partial charge in [-0.15, -0.1) is 0 Å². The summed E-state index contributed by atoms with van der Waals surface area (Å²) in [5.41, 5.74) is 5.21. The van der Waals surface area contributed by atoms with Crippen LogP contribution in [0.25, 0.3) is 6.08 Å². The van der Waals surface area contributed by atoms with E-state index < -0.39 is 30.7 Å². The SMILES string of the molecule is Nc1nc(=O)n(C2OC(CO)/C(=C/F)C2O)cc1/C=C/I. The molecule has 1 aromatic heterocycles. The zero-order valence-electron chi connectivity index (χ0n) is 10.7. The van der Waals surface area contributed by atoms with Crippen LogP contribution in [0, 0.1) is 0 Å². The molecule has 4 N–H and O–H groups in total. The summed E-state index contributed by atoms with van der Waals surface area (Å²) in [6.07, 6.45) is -0.424. The first-order valence-corrected chi connectivity index (χ1v) is 7.18. The van der Waals surface area contributed by atoms with E-state index in [-0.39, 0.29) is 17.7 Å². The lowest BCUT2D eigenvalue weighted by Crippen LogP contribution is -2.32. The summed E-state index contributed by atoms with van der Waals surface area (Å²) < 4.78 is 20.8. The molecule has 1 aromatic rings. The highest BCUT2D eigenvalue weighted by molar-refractivity contribution is 14.1. The van der Waals surface area contributed by atoms with E-state index in [4.69, 9.17) is 15.6 Å². The minimum absolute atomic E-state index is 0.0385. The van der Waals surface area contributed by atoms with Crippen LogP contribution >= 0.6 is 22.6 Å². The van der Waals surface area contributed by atoms with Gasteiger partial charge in [0.1, 0.15) is 18.0 Å². The summed E-state index contributed by atoms with van der Waals surface area (Å²) in [7, 11) is 0. The second kappa shape index (κ2) is 6.64. The Morgan fingerprint density at radius 3 is 2.86 bits per heavy atom. The Labute approximate surface area is 132 Å². The summed E-state index contributed by atoms with van der Waals surface area (Å²) >= 11 is 1.98. The summed E-state index contributed by atoms with van der Waals surface area (Å²) in [6, 6.07) is 0. The van der Waals surface area contributed by atoms with Crippen LogP contribution in [-0.2, 0) is 4.74 Å². The Kier molecular flexibility index (Phi) is 5.08. The number of hydrogen-bond donors (Lipinski definition) is 3. The van der Waals surface area contributed by atoms with Crippen LogP contribution in [0.15, 0.2) is 27.0 Å². The number of aliphatic hydroxyl groups is 2. The predicted molar refractivity (Wildman–Crippen MR) is 82.2 cm³/mol. The third-order valence-electron chi connectivity index (χ3n) is 3.11. The maximum atomic E-state index is 12.8. The van der Waals surface area contributed by atoms with Crippen molar-refractivity contribution >= 4 is 34.5 Å². The lowest BCUT2D eigenvalue weighted by atomic mass is 10.1. The summed E-state index contributed by atoms with van der Waals surface area (Å²) in [5, 5.41) is 19.2. The van der Waals surface area contributed by atoms with E-state index in [1.807, 2.05) is 22.6 Å². The van der Waals surface area contributed by atoms with Crippen molar-refractivity contribution in [2.45, 2.75) is 18.4 Å². The quantitative estimate of drug-likeness (QED) is 0.621. The van der Waals surface area contributed by atoms with Crippen LogP contribution in [0.4, 0.5) is 10.2 Å². The van der Waals surface area contributed by atoms with Crippen molar-refractivity contribution in [1.29, 1.82) is 0 Å². The van der Waals surface area contributed by atoms with Gasteiger partial charge < -0.3 is 20.7 Å². The molecule has 0 amide bonds. The van der Waals surface area contributed by atoms with E-state index in [2.05, 4.69) is 4.98 Å². The van der Waals surface area contributed by atoms with E-state index in [9.17, 15) is 14.3 Å². The Hall–Kier alpha value is -1.30. The van der Waals surface area contributed by atoms with Gasteiger partial charge in [0.2, 0.25) is 0 Å². The van der Waals surface area contributed by atoms with Crippen LogP contribution < -0.4 is 11.4 Å². The minimum atomic E-state index is -1.40. The molecule has 2 rings (SSSR count). The van der Waals surface area contributed by atoms with Crippen molar-refractivity contribution < 1.29 is 19.3 Å². The molecule has 0 saturated carbocycles. The predicted octanol–water partition coefficient (Wildman–Crippen LogP) is 0.335. The van der Waals surface area contributed by atoms with Crippen molar-refractivity contribution in [3.63, 3.8) is 0 Å². The normalized spacial score (nSPS) is 27.8. The number of nitrogens with two attached hydrogens (primary N) is 1.